The standard InChI is InChI=1S/C15H21ClN2O3/c16-14-7-4-8-15(18(19)20)13(14)11-17-9-10-21-12-5-2-1-3-6-12/h4,7-8,12,17H,1-3,5-6,9-11H2. The van der Waals surface area contributed by atoms with Gasteiger partial charge in [0.25, 0.3) is 5.69 Å². The average molecular weight is 313 g/mol. The van der Waals surface area contributed by atoms with Gasteiger partial charge in [-0.3, -0.25) is 10.1 Å². The van der Waals surface area contributed by atoms with Crippen molar-refractivity contribution in [3.05, 3.63) is 38.9 Å². The van der Waals surface area contributed by atoms with Gasteiger partial charge in [-0.2, -0.15) is 0 Å². The van der Waals surface area contributed by atoms with E-state index in [-0.39, 0.29) is 5.69 Å². The number of ether oxygens (including phenoxy) is 1. The first-order chi connectivity index (χ1) is 10.2. The topological polar surface area (TPSA) is 64.4 Å². The first-order valence-electron chi connectivity index (χ1n) is 7.42. The largest absolute Gasteiger partial charge is 0.377 e. The molecule has 0 atom stereocenters. The molecule has 0 amide bonds. The van der Waals surface area contributed by atoms with Crippen molar-refractivity contribution in [2.45, 2.75) is 44.8 Å². The van der Waals surface area contributed by atoms with Crippen molar-refractivity contribution in [3.8, 4) is 0 Å². The molecule has 0 radical (unpaired) electrons. The lowest BCUT2D eigenvalue weighted by Crippen LogP contribution is -2.24. The molecule has 2 rings (SSSR count). The number of nitrogens with one attached hydrogen (secondary N) is 1. The third-order valence-electron chi connectivity index (χ3n) is 3.78. The third kappa shape index (κ3) is 4.95. The van der Waals surface area contributed by atoms with Gasteiger partial charge in [0.2, 0.25) is 0 Å². The van der Waals surface area contributed by atoms with E-state index in [1.807, 2.05) is 0 Å². The second-order valence-electron chi connectivity index (χ2n) is 5.30. The monoisotopic (exact) mass is 312 g/mol. The summed E-state index contributed by atoms with van der Waals surface area (Å²) in [6, 6.07) is 4.74. The summed E-state index contributed by atoms with van der Waals surface area (Å²) >= 11 is 6.03. The van der Waals surface area contributed by atoms with Gasteiger partial charge in [0.1, 0.15) is 0 Å². The van der Waals surface area contributed by atoms with Gasteiger partial charge < -0.3 is 10.1 Å². The first kappa shape index (κ1) is 16.2. The van der Waals surface area contributed by atoms with Gasteiger partial charge in [-0.1, -0.05) is 36.9 Å². The highest BCUT2D eigenvalue weighted by Gasteiger charge is 2.16. The summed E-state index contributed by atoms with van der Waals surface area (Å²) in [5.74, 6) is 0. The van der Waals surface area contributed by atoms with E-state index in [1.54, 1.807) is 12.1 Å². The van der Waals surface area contributed by atoms with Crippen LogP contribution in [0.15, 0.2) is 18.2 Å². The molecule has 0 aromatic heterocycles. The molecule has 1 saturated carbocycles. The molecule has 1 aromatic carbocycles. The van der Waals surface area contributed by atoms with E-state index in [0.717, 1.165) is 12.8 Å². The van der Waals surface area contributed by atoms with Crippen molar-refractivity contribution in [1.29, 1.82) is 0 Å². The number of hydrogen-bond acceptors (Lipinski definition) is 4. The third-order valence-corrected chi connectivity index (χ3v) is 4.13. The highest BCUT2D eigenvalue weighted by Crippen LogP contribution is 2.25. The number of nitro groups is 1. The Bertz CT molecular complexity index is 476. The highest BCUT2D eigenvalue weighted by molar-refractivity contribution is 6.31. The van der Waals surface area contributed by atoms with Crippen LogP contribution in [-0.2, 0) is 11.3 Å². The maximum absolute atomic E-state index is 11.0. The van der Waals surface area contributed by atoms with Crippen molar-refractivity contribution < 1.29 is 9.66 Å². The van der Waals surface area contributed by atoms with Crippen LogP contribution < -0.4 is 5.32 Å². The summed E-state index contributed by atoms with van der Waals surface area (Å²) in [5.41, 5.74) is 0.588. The van der Waals surface area contributed by atoms with Crippen LogP contribution in [0.2, 0.25) is 5.02 Å². The summed E-state index contributed by atoms with van der Waals surface area (Å²) in [6.07, 6.45) is 6.50. The number of benzene rings is 1. The molecular formula is C15H21ClN2O3. The summed E-state index contributed by atoms with van der Waals surface area (Å²) in [6.45, 7) is 1.67. The Kier molecular flexibility index (Phi) is 6.42. The van der Waals surface area contributed by atoms with Crippen LogP contribution in [0.5, 0.6) is 0 Å². The predicted molar refractivity (Wildman–Crippen MR) is 82.6 cm³/mol. The Labute approximate surface area is 129 Å². The van der Waals surface area contributed by atoms with E-state index < -0.39 is 4.92 Å². The fourth-order valence-electron chi connectivity index (χ4n) is 2.64. The Hall–Kier alpha value is -1.17. The minimum atomic E-state index is -0.401. The second-order valence-corrected chi connectivity index (χ2v) is 5.71. The van der Waals surface area contributed by atoms with E-state index in [0.29, 0.717) is 36.4 Å². The van der Waals surface area contributed by atoms with Crippen LogP contribution in [-0.4, -0.2) is 24.2 Å². The number of nitro benzene ring substituents is 1. The minimum Gasteiger partial charge on any atom is -0.377 e. The zero-order chi connectivity index (χ0) is 15.1. The van der Waals surface area contributed by atoms with Gasteiger partial charge in [-0.05, 0) is 18.9 Å². The van der Waals surface area contributed by atoms with Crippen molar-refractivity contribution in [1.82, 2.24) is 5.32 Å². The van der Waals surface area contributed by atoms with E-state index in [4.69, 9.17) is 16.3 Å². The molecular weight excluding hydrogens is 292 g/mol. The maximum Gasteiger partial charge on any atom is 0.275 e. The zero-order valence-corrected chi connectivity index (χ0v) is 12.8. The van der Waals surface area contributed by atoms with E-state index in [2.05, 4.69) is 5.32 Å². The second kappa shape index (κ2) is 8.32. The lowest BCUT2D eigenvalue weighted by Gasteiger charge is -2.22. The van der Waals surface area contributed by atoms with Gasteiger partial charge in [-0.15, -0.1) is 0 Å². The SMILES string of the molecule is O=[N+]([O-])c1cccc(Cl)c1CNCCOC1CCCCC1. The number of nitrogens with zero attached hydrogens (tertiary/aromatic N) is 1. The average Bonchev–Trinajstić information content (AvgIpc) is 2.49. The lowest BCUT2D eigenvalue weighted by atomic mass is 9.98. The molecule has 0 heterocycles. The summed E-state index contributed by atoms with van der Waals surface area (Å²) in [7, 11) is 0. The molecule has 0 bridgehead atoms. The molecule has 6 heteroatoms. The summed E-state index contributed by atoms with van der Waals surface area (Å²) in [5, 5.41) is 14.5. The van der Waals surface area contributed by atoms with Crippen LogP contribution in [0, 0.1) is 10.1 Å². The minimum absolute atomic E-state index is 0.0585. The predicted octanol–water partition coefficient (Wildman–Crippen LogP) is 3.69. The van der Waals surface area contributed by atoms with Crippen LogP contribution in [0.1, 0.15) is 37.7 Å². The van der Waals surface area contributed by atoms with E-state index in [1.165, 1.54) is 25.3 Å². The van der Waals surface area contributed by atoms with Crippen LogP contribution in [0.25, 0.3) is 0 Å². The van der Waals surface area contributed by atoms with Crippen molar-refractivity contribution in [2.24, 2.45) is 0 Å². The van der Waals surface area contributed by atoms with Gasteiger partial charge in [0, 0.05) is 19.2 Å². The summed E-state index contributed by atoms with van der Waals surface area (Å²) < 4.78 is 5.80. The molecule has 0 aliphatic heterocycles. The van der Waals surface area contributed by atoms with Crippen molar-refractivity contribution >= 4 is 17.3 Å². The number of hydrogen-bond donors (Lipinski definition) is 1. The molecule has 0 spiro atoms. The van der Waals surface area contributed by atoms with Crippen molar-refractivity contribution in [2.75, 3.05) is 13.2 Å². The van der Waals surface area contributed by atoms with Crippen LogP contribution in [0.3, 0.4) is 0 Å². The van der Waals surface area contributed by atoms with Gasteiger partial charge in [0.05, 0.1) is 28.2 Å². The molecule has 1 aliphatic carbocycles. The molecule has 1 aromatic rings. The molecule has 21 heavy (non-hydrogen) atoms. The molecule has 1 N–H and O–H groups in total. The first-order valence-corrected chi connectivity index (χ1v) is 7.80. The Morgan fingerprint density at radius 1 is 1.33 bits per heavy atom. The molecule has 5 nitrogen and oxygen atoms in total. The Balaban J connectivity index is 1.74. The quantitative estimate of drug-likeness (QED) is 0.474. The zero-order valence-electron chi connectivity index (χ0n) is 12.0. The molecule has 116 valence electrons. The van der Waals surface area contributed by atoms with E-state index in [9.17, 15) is 10.1 Å². The fraction of sp³-hybridized carbons (Fsp3) is 0.600. The molecule has 0 unspecified atom stereocenters. The van der Waals surface area contributed by atoms with Gasteiger partial charge >= 0.3 is 0 Å². The van der Waals surface area contributed by atoms with Crippen LogP contribution in [0.4, 0.5) is 5.69 Å². The Morgan fingerprint density at radius 2 is 2.10 bits per heavy atom. The smallest absolute Gasteiger partial charge is 0.275 e. The molecule has 1 fully saturated rings. The Morgan fingerprint density at radius 3 is 2.81 bits per heavy atom. The van der Waals surface area contributed by atoms with Gasteiger partial charge in [-0.25, -0.2) is 0 Å². The summed E-state index contributed by atoms with van der Waals surface area (Å²) in [4.78, 5) is 10.6. The van der Waals surface area contributed by atoms with Crippen LogP contribution >= 0.6 is 11.6 Å². The number of halogens is 1. The fourth-order valence-corrected chi connectivity index (χ4v) is 2.87. The number of rotatable bonds is 7. The highest BCUT2D eigenvalue weighted by atomic mass is 35.5. The normalized spacial score (nSPS) is 16.0. The lowest BCUT2D eigenvalue weighted by molar-refractivity contribution is -0.385. The van der Waals surface area contributed by atoms with Gasteiger partial charge in [0.15, 0.2) is 0 Å². The maximum atomic E-state index is 11.0. The molecule has 1 aliphatic rings. The molecule has 0 saturated heterocycles. The van der Waals surface area contributed by atoms with Crippen molar-refractivity contribution in [3.63, 3.8) is 0 Å². The van der Waals surface area contributed by atoms with E-state index >= 15 is 0 Å².